The van der Waals surface area contributed by atoms with E-state index in [0.29, 0.717) is 0 Å². The lowest BCUT2D eigenvalue weighted by atomic mass is 10.2. The van der Waals surface area contributed by atoms with Gasteiger partial charge in [0.25, 0.3) is 0 Å². The van der Waals surface area contributed by atoms with E-state index in [1.165, 1.54) is 9.88 Å². The minimum absolute atomic E-state index is 0.775. The molecule has 0 spiro atoms. The zero-order valence-corrected chi connectivity index (χ0v) is 15.5. The topological polar surface area (TPSA) is 62.5 Å². The number of thiazole rings is 1. The summed E-state index contributed by atoms with van der Waals surface area (Å²) in [4.78, 5) is 10.0. The van der Waals surface area contributed by atoms with Crippen molar-refractivity contribution in [1.29, 1.82) is 0 Å². The van der Waals surface area contributed by atoms with Crippen molar-refractivity contribution in [3.05, 3.63) is 52.2 Å². The van der Waals surface area contributed by atoms with Crippen molar-refractivity contribution in [2.24, 2.45) is 4.99 Å². The fourth-order valence-corrected chi connectivity index (χ4v) is 3.46. The van der Waals surface area contributed by atoms with Crippen molar-refractivity contribution in [2.45, 2.75) is 26.2 Å². The van der Waals surface area contributed by atoms with Crippen LogP contribution in [0.2, 0.25) is 0 Å². The third-order valence-electron chi connectivity index (χ3n) is 3.95. The molecule has 1 aromatic carbocycles. The zero-order chi connectivity index (χ0) is 17.5. The maximum Gasteiger partial charge on any atom is 0.191 e. The third kappa shape index (κ3) is 4.82. The molecule has 3 rings (SSSR count). The summed E-state index contributed by atoms with van der Waals surface area (Å²) in [5.74, 6) is 1.79. The number of rotatable bonds is 7. The number of aliphatic imine (C=N–C) groups is 1. The lowest BCUT2D eigenvalue weighted by Gasteiger charge is -2.10. The van der Waals surface area contributed by atoms with Gasteiger partial charge in [0.2, 0.25) is 0 Å². The lowest BCUT2D eigenvalue weighted by molar-refractivity contribution is 0.544. The largest absolute Gasteiger partial charge is 0.461 e. The molecule has 0 aliphatic rings. The van der Waals surface area contributed by atoms with E-state index in [1.807, 2.05) is 24.4 Å². The van der Waals surface area contributed by atoms with E-state index in [4.69, 9.17) is 4.42 Å². The van der Waals surface area contributed by atoms with Gasteiger partial charge in [-0.25, -0.2) is 4.98 Å². The van der Waals surface area contributed by atoms with Crippen LogP contribution in [-0.4, -0.2) is 31.1 Å². The van der Waals surface area contributed by atoms with E-state index in [9.17, 15) is 0 Å². The number of para-hydroxylation sites is 1. The van der Waals surface area contributed by atoms with Crippen molar-refractivity contribution in [3.63, 3.8) is 0 Å². The van der Waals surface area contributed by atoms with Crippen molar-refractivity contribution in [2.75, 3.05) is 20.1 Å². The summed E-state index contributed by atoms with van der Waals surface area (Å²) in [5, 5.41) is 8.98. The first-order chi connectivity index (χ1) is 12.3. The van der Waals surface area contributed by atoms with Crippen LogP contribution in [0.15, 0.2) is 45.9 Å². The van der Waals surface area contributed by atoms with Crippen LogP contribution in [0.25, 0.3) is 11.0 Å². The summed E-state index contributed by atoms with van der Waals surface area (Å²) in [7, 11) is 1.79. The van der Waals surface area contributed by atoms with Crippen LogP contribution < -0.4 is 10.6 Å². The molecule has 0 fully saturated rings. The predicted molar refractivity (Wildman–Crippen MR) is 104 cm³/mol. The summed E-state index contributed by atoms with van der Waals surface area (Å²) >= 11 is 1.79. The van der Waals surface area contributed by atoms with E-state index in [1.54, 1.807) is 18.4 Å². The Labute approximate surface area is 152 Å². The average molecular weight is 356 g/mol. The first kappa shape index (κ1) is 17.5. The monoisotopic (exact) mass is 356 g/mol. The Morgan fingerprint density at radius 1 is 1.20 bits per heavy atom. The zero-order valence-electron chi connectivity index (χ0n) is 14.7. The van der Waals surface area contributed by atoms with Gasteiger partial charge in [-0.15, -0.1) is 11.3 Å². The van der Waals surface area contributed by atoms with Crippen molar-refractivity contribution in [3.8, 4) is 0 Å². The van der Waals surface area contributed by atoms with Gasteiger partial charge < -0.3 is 15.1 Å². The molecular weight excluding hydrogens is 332 g/mol. The van der Waals surface area contributed by atoms with E-state index in [0.717, 1.165) is 55.0 Å². The van der Waals surface area contributed by atoms with Gasteiger partial charge in [0, 0.05) is 49.4 Å². The SMILES string of the molecule is CCc1cnc(CCNC(=NC)NCCc2cc3ccccc3o2)s1. The molecular formula is C19H24N4OS. The molecule has 0 radical (unpaired) electrons. The Morgan fingerprint density at radius 3 is 2.72 bits per heavy atom. The number of fused-ring (bicyclic) bond motifs is 1. The molecule has 0 unspecified atom stereocenters. The third-order valence-corrected chi connectivity index (χ3v) is 5.15. The number of nitrogens with zero attached hydrogens (tertiary/aromatic N) is 2. The number of guanidine groups is 1. The maximum absolute atomic E-state index is 5.83. The molecule has 0 aliphatic carbocycles. The minimum atomic E-state index is 0.775. The molecule has 5 nitrogen and oxygen atoms in total. The standard InChI is InChI=1S/C19H24N4OS/c1-3-16-13-23-18(25-16)9-11-22-19(20-2)21-10-8-15-12-14-6-4-5-7-17(14)24-15/h4-7,12-13H,3,8-11H2,1-2H3,(H2,20,21,22). The van der Waals surface area contributed by atoms with E-state index >= 15 is 0 Å². The van der Waals surface area contributed by atoms with Crippen LogP contribution in [0.4, 0.5) is 0 Å². The fraction of sp³-hybridized carbons (Fsp3) is 0.368. The van der Waals surface area contributed by atoms with Gasteiger partial charge in [-0.3, -0.25) is 4.99 Å². The summed E-state index contributed by atoms with van der Waals surface area (Å²) in [6, 6.07) is 10.2. The fourth-order valence-electron chi connectivity index (χ4n) is 2.60. The molecule has 0 amide bonds. The molecule has 6 heteroatoms. The summed E-state index contributed by atoms with van der Waals surface area (Å²) < 4.78 is 5.83. The smallest absolute Gasteiger partial charge is 0.191 e. The van der Waals surface area contributed by atoms with Gasteiger partial charge in [-0.1, -0.05) is 25.1 Å². The second kappa shape index (κ2) is 8.67. The second-order valence-corrected chi connectivity index (χ2v) is 6.95. The molecule has 2 heterocycles. The van der Waals surface area contributed by atoms with E-state index in [2.05, 4.69) is 39.7 Å². The number of furan rings is 1. The number of aromatic nitrogens is 1. The number of nitrogens with one attached hydrogen (secondary N) is 2. The number of hydrogen-bond acceptors (Lipinski definition) is 4. The number of benzene rings is 1. The number of aryl methyl sites for hydroxylation is 1. The summed E-state index contributed by atoms with van der Waals surface area (Å²) in [5.41, 5.74) is 0.940. The van der Waals surface area contributed by atoms with Crippen LogP contribution in [0.1, 0.15) is 22.6 Å². The Morgan fingerprint density at radius 2 is 2.00 bits per heavy atom. The van der Waals surface area contributed by atoms with Crippen LogP contribution in [-0.2, 0) is 19.3 Å². The van der Waals surface area contributed by atoms with Crippen LogP contribution >= 0.6 is 11.3 Å². The summed E-state index contributed by atoms with van der Waals surface area (Å²) in [6.45, 7) is 3.75. The molecule has 25 heavy (non-hydrogen) atoms. The highest BCUT2D eigenvalue weighted by atomic mass is 32.1. The number of hydrogen-bond donors (Lipinski definition) is 2. The van der Waals surface area contributed by atoms with Gasteiger partial charge >= 0.3 is 0 Å². The van der Waals surface area contributed by atoms with Crippen LogP contribution in [0.5, 0.6) is 0 Å². The lowest BCUT2D eigenvalue weighted by Crippen LogP contribution is -2.39. The molecule has 0 bridgehead atoms. The molecule has 0 saturated carbocycles. The highest BCUT2D eigenvalue weighted by Crippen LogP contribution is 2.18. The quantitative estimate of drug-likeness (QED) is 0.503. The maximum atomic E-state index is 5.83. The van der Waals surface area contributed by atoms with Gasteiger partial charge in [0.15, 0.2) is 5.96 Å². The Bertz CT molecular complexity index is 804. The molecule has 132 valence electrons. The predicted octanol–water partition coefficient (Wildman–Crippen LogP) is 3.40. The van der Waals surface area contributed by atoms with Crippen LogP contribution in [0, 0.1) is 0 Å². The normalized spacial score (nSPS) is 11.8. The second-order valence-electron chi connectivity index (χ2n) is 5.75. The Kier molecular flexibility index (Phi) is 6.06. The molecule has 2 N–H and O–H groups in total. The van der Waals surface area contributed by atoms with Gasteiger partial charge in [0.05, 0.1) is 5.01 Å². The molecule has 3 aromatic rings. The molecule has 2 aromatic heterocycles. The Hall–Kier alpha value is -2.34. The summed E-state index contributed by atoms with van der Waals surface area (Å²) in [6.07, 6.45) is 4.76. The van der Waals surface area contributed by atoms with Gasteiger partial charge in [-0.2, -0.15) is 0 Å². The van der Waals surface area contributed by atoms with Crippen molar-refractivity contribution >= 4 is 28.3 Å². The van der Waals surface area contributed by atoms with Gasteiger partial charge in [0.1, 0.15) is 11.3 Å². The molecule has 0 saturated heterocycles. The highest BCUT2D eigenvalue weighted by Gasteiger charge is 2.04. The highest BCUT2D eigenvalue weighted by molar-refractivity contribution is 7.11. The van der Waals surface area contributed by atoms with Crippen LogP contribution in [0.3, 0.4) is 0 Å². The molecule has 0 aliphatic heterocycles. The average Bonchev–Trinajstić information content (AvgIpc) is 3.26. The van der Waals surface area contributed by atoms with Gasteiger partial charge in [-0.05, 0) is 18.6 Å². The minimum Gasteiger partial charge on any atom is -0.461 e. The molecule has 0 atom stereocenters. The van der Waals surface area contributed by atoms with Crippen molar-refractivity contribution in [1.82, 2.24) is 15.6 Å². The first-order valence-electron chi connectivity index (χ1n) is 8.64. The Balaban J connectivity index is 1.41. The first-order valence-corrected chi connectivity index (χ1v) is 9.45. The van der Waals surface area contributed by atoms with E-state index < -0.39 is 0 Å². The van der Waals surface area contributed by atoms with E-state index in [-0.39, 0.29) is 0 Å². The van der Waals surface area contributed by atoms with Crippen molar-refractivity contribution < 1.29 is 4.42 Å².